The summed E-state index contributed by atoms with van der Waals surface area (Å²) < 4.78 is 16.3. The molecule has 0 saturated carbocycles. The number of aromatic nitrogens is 1. The van der Waals surface area contributed by atoms with E-state index in [0.717, 1.165) is 16.2 Å². The molecule has 20 nitrogen and oxygen atoms in total. The number of nitro groups is 2. The molecule has 54 heavy (non-hydrogen) atoms. The van der Waals surface area contributed by atoms with E-state index in [4.69, 9.17) is 24.8 Å². The van der Waals surface area contributed by atoms with Crippen molar-refractivity contribution in [3.05, 3.63) is 91.0 Å². The molecule has 3 saturated heterocycles. The maximum atomic E-state index is 13.7. The van der Waals surface area contributed by atoms with Crippen LogP contribution in [0.15, 0.2) is 59.1 Å². The van der Waals surface area contributed by atoms with Crippen LogP contribution in [0.1, 0.15) is 37.1 Å². The molecule has 282 valence electrons. The average molecular weight is 784 g/mol. The van der Waals surface area contributed by atoms with Gasteiger partial charge >= 0.3 is 17.9 Å². The van der Waals surface area contributed by atoms with Gasteiger partial charge in [-0.25, -0.2) is 14.6 Å². The van der Waals surface area contributed by atoms with Crippen LogP contribution in [-0.4, -0.2) is 83.7 Å². The molecule has 1 aromatic heterocycles. The van der Waals surface area contributed by atoms with Crippen molar-refractivity contribution in [2.75, 3.05) is 11.5 Å². The zero-order valence-corrected chi connectivity index (χ0v) is 29.8. The van der Waals surface area contributed by atoms with Gasteiger partial charge in [-0.1, -0.05) is 5.16 Å². The van der Waals surface area contributed by atoms with E-state index in [1.165, 1.54) is 79.5 Å². The van der Waals surface area contributed by atoms with Crippen LogP contribution in [0.5, 0.6) is 0 Å². The van der Waals surface area contributed by atoms with Crippen LogP contribution < -0.4 is 11.1 Å². The third kappa shape index (κ3) is 7.24. The number of rotatable bonds is 13. The van der Waals surface area contributed by atoms with Crippen LogP contribution in [0.2, 0.25) is 0 Å². The summed E-state index contributed by atoms with van der Waals surface area (Å²) in [5, 5.41) is 29.0. The maximum absolute atomic E-state index is 13.7. The van der Waals surface area contributed by atoms with E-state index in [9.17, 15) is 44.2 Å². The van der Waals surface area contributed by atoms with Gasteiger partial charge in [0, 0.05) is 41.3 Å². The summed E-state index contributed by atoms with van der Waals surface area (Å²) >= 11 is 2.19. The molecular weight excluding hydrogens is 755 g/mol. The van der Waals surface area contributed by atoms with Gasteiger partial charge in [-0.05, 0) is 49.2 Å². The van der Waals surface area contributed by atoms with Crippen LogP contribution in [0.3, 0.4) is 0 Å². The first-order chi connectivity index (χ1) is 25.6. The van der Waals surface area contributed by atoms with Crippen LogP contribution in [0.25, 0.3) is 0 Å². The number of nitrogens with two attached hydrogens (primary N) is 1. The highest BCUT2D eigenvalue weighted by Crippen LogP contribution is 2.51. The van der Waals surface area contributed by atoms with Gasteiger partial charge < -0.3 is 30.1 Å². The van der Waals surface area contributed by atoms with Gasteiger partial charge in [-0.3, -0.25) is 39.5 Å². The number of amides is 2. The van der Waals surface area contributed by atoms with Crippen molar-refractivity contribution in [3.63, 3.8) is 0 Å². The third-order valence-corrected chi connectivity index (χ3v) is 10.6. The topological polar surface area (TPSA) is 275 Å². The average Bonchev–Trinajstić information content (AvgIpc) is 3.73. The number of carbonyl (C=O) groups excluding carboxylic acids is 5. The molecule has 0 unspecified atom stereocenters. The Morgan fingerprint density at radius 3 is 2.19 bits per heavy atom. The van der Waals surface area contributed by atoms with Gasteiger partial charge in [0.05, 0.1) is 16.3 Å². The highest BCUT2D eigenvalue weighted by molar-refractivity contribution is 8.00. The molecule has 6 rings (SSSR count). The van der Waals surface area contributed by atoms with E-state index >= 15 is 0 Å². The number of ether oxygens (including phenoxy) is 3. The van der Waals surface area contributed by atoms with Crippen molar-refractivity contribution in [1.29, 1.82) is 0 Å². The molecule has 3 fully saturated rings. The van der Waals surface area contributed by atoms with Crippen molar-refractivity contribution in [1.82, 2.24) is 15.2 Å². The first-order valence-electron chi connectivity index (χ1n) is 15.9. The van der Waals surface area contributed by atoms with E-state index in [0.29, 0.717) is 11.1 Å². The number of carbonyl (C=O) groups is 5. The zero-order chi connectivity index (χ0) is 38.9. The largest absolute Gasteiger partial charge is 0.458 e. The van der Waals surface area contributed by atoms with Crippen molar-refractivity contribution in [2.24, 2.45) is 11.1 Å². The van der Waals surface area contributed by atoms with Crippen molar-refractivity contribution in [3.8, 4) is 0 Å². The number of nitro benzene ring substituents is 2. The normalized spacial score (nSPS) is 21.9. The Kier molecular flexibility index (Phi) is 10.2. The fourth-order valence-corrected chi connectivity index (χ4v) is 7.82. The predicted octanol–water partition coefficient (Wildman–Crippen LogP) is 2.19. The second kappa shape index (κ2) is 14.7. The maximum Gasteiger partial charge on any atom is 0.373 e. The third-order valence-electron chi connectivity index (χ3n) is 8.55. The lowest BCUT2D eigenvalue weighted by Crippen LogP contribution is -2.80. The first kappa shape index (κ1) is 37.6. The van der Waals surface area contributed by atoms with Crippen LogP contribution in [0, 0.1) is 26.1 Å². The SMILES string of the molecule is CC(C)(ON=C(C(=O)N[C@@H]1C(=O)N2[C@@H]1SC[C@@H]1CC(=O)O[C@@]12C(=O)OCc1ccc([N+](=O)[O-])cc1)c1csc(N)n1)C(=O)OCc1ccc([N+](=O)[O-])cc1. The summed E-state index contributed by atoms with van der Waals surface area (Å²) in [5.41, 5.74) is 2.00. The van der Waals surface area contributed by atoms with Crippen molar-refractivity contribution < 1.29 is 52.9 Å². The fourth-order valence-electron chi connectivity index (χ4n) is 5.71. The Morgan fingerprint density at radius 2 is 1.63 bits per heavy atom. The number of benzene rings is 2. The molecule has 2 amide bonds. The predicted molar refractivity (Wildman–Crippen MR) is 186 cm³/mol. The number of oxime groups is 1. The number of β-lactam (4-membered cyclic amide) rings is 1. The molecule has 3 aliphatic rings. The number of anilines is 1. The minimum atomic E-state index is -2.10. The number of hydrogen-bond acceptors (Lipinski definition) is 18. The quantitative estimate of drug-likeness (QED) is 0.0628. The Labute approximate surface area is 312 Å². The van der Waals surface area contributed by atoms with E-state index in [2.05, 4.69) is 15.5 Å². The summed E-state index contributed by atoms with van der Waals surface area (Å²) in [7, 11) is 0. The number of esters is 3. The highest BCUT2D eigenvalue weighted by atomic mass is 32.2. The lowest BCUT2D eigenvalue weighted by molar-refractivity contribution is -0.385. The molecule has 0 aliphatic carbocycles. The van der Waals surface area contributed by atoms with Gasteiger partial charge in [-0.2, -0.15) is 0 Å². The second-order valence-corrected chi connectivity index (χ2v) is 14.6. The number of thiazole rings is 1. The van der Waals surface area contributed by atoms with Crippen molar-refractivity contribution in [2.45, 2.75) is 56.2 Å². The standard InChI is InChI=1S/C32H29N7O13S2/c1-31(2,28(43)49-12-16-3-7-19(8-4-16)38(45)46)52-36-23(21-15-54-30(33)34-21)25(41)35-24-26(42)37-27(24)53-14-18-11-22(40)51-32(18,37)29(44)50-13-17-5-9-20(10-6-17)39(47)48/h3-10,15,18,24,27H,11-14H2,1-2H3,(H2,33,34)(H,35,41)/t18-,24+,27+,32+/m0/s1. The van der Waals surface area contributed by atoms with Crippen molar-refractivity contribution >= 4 is 75.0 Å². The molecule has 4 atom stereocenters. The molecule has 2 aromatic carbocycles. The number of nitrogens with zero attached hydrogens (tertiary/aromatic N) is 5. The van der Waals surface area contributed by atoms with Gasteiger partial charge in [0.2, 0.25) is 5.60 Å². The molecule has 0 bridgehead atoms. The van der Waals surface area contributed by atoms with E-state index < -0.39 is 73.9 Å². The molecular formula is C32H29N7O13S2. The summed E-state index contributed by atoms with van der Waals surface area (Å²) in [6.07, 6.45) is -0.168. The van der Waals surface area contributed by atoms with Gasteiger partial charge in [-0.15, -0.1) is 23.1 Å². The Bertz CT molecular complexity index is 2070. The minimum absolute atomic E-state index is 0.0407. The Balaban J connectivity index is 1.15. The lowest BCUT2D eigenvalue weighted by atomic mass is 9.89. The fraction of sp³-hybridized carbons (Fsp3) is 0.344. The molecule has 0 spiro atoms. The summed E-state index contributed by atoms with van der Waals surface area (Å²) in [5.74, 6) is -4.93. The highest BCUT2D eigenvalue weighted by Gasteiger charge is 2.72. The zero-order valence-electron chi connectivity index (χ0n) is 28.2. The number of hydrogen-bond donors (Lipinski definition) is 2. The van der Waals surface area contributed by atoms with Gasteiger partial charge in [0.15, 0.2) is 10.8 Å². The van der Waals surface area contributed by atoms with Crippen LogP contribution in [0.4, 0.5) is 16.5 Å². The summed E-state index contributed by atoms with van der Waals surface area (Å²) in [6, 6.07) is 9.38. The molecule has 0 radical (unpaired) electrons. The second-order valence-electron chi connectivity index (χ2n) is 12.6. The van der Waals surface area contributed by atoms with Gasteiger partial charge in [0.25, 0.3) is 28.9 Å². The minimum Gasteiger partial charge on any atom is -0.458 e. The molecule has 4 heterocycles. The Hall–Kier alpha value is -6.16. The number of fused-ring (bicyclic) bond motifs is 3. The molecule has 3 aromatic rings. The van der Waals surface area contributed by atoms with Crippen LogP contribution in [-0.2, 0) is 56.2 Å². The van der Waals surface area contributed by atoms with Gasteiger partial charge in [0.1, 0.15) is 30.3 Å². The van der Waals surface area contributed by atoms with Crippen LogP contribution >= 0.6 is 23.1 Å². The summed E-state index contributed by atoms with van der Waals surface area (Å²) in [4.78, 5) is 97.9. The number of thioether (sulfide) groups is 1. The first-order valence-corrected chi connectivity index (χ1v) is 17.8. The number of nitrogen functional groups attached to an aromatic ring is 1. The smallest absolute Gasteiger partial charge is 0.373 e. The molecule has 3 aliphatic heterocycles. The van der Waals surface area contributed by atoms with E-state index in [-0.39, 0.29) is 47.6 Å². The summed E-state index contributed by atoms with van der Waals surface area (Å²) in [6.45, 7) is 2.07. The molecule has 22 heteroatoms. The molecule has 3 N–H and O–H groups in total. The van der Waals surface area contributed by atoms with E-state index in [1.807, 2.05) is 0 Å². The van der Waals surface area contributed by atoms with E-state index in [1.54, 1.807) is 0 Å². The lowest BCUT2D eigenvalue weighted by Gasteiger charge is -2.56. The monoisotopic (exact) mass is 783 g/mol. The number of non-ortho nitro benzene ring substituents is 2. The number of nitrogens with one attached hydrogen (secondary N) is 1. The Morgan fingerprint density at radius 1 is 1.04 bits per heavy atom.